The first-order chi connectivity index (χ1) is 15.6. The molecule has 0 aromatic heterocycles. The van der Waals surface area contributed by atoms with Crippen molar-refractivity contribution in [1.29, 1.82) is 0 Å². The van der Waals surface area contributed by atoms with Crippen LogP contribution in [0.4, 0.5) is 0 Å². The van der Waals surface area contributed by atoms with Crippen LogP contribution in [0.3, 0.4) is 0 Å². The number of aliphatic hydroxyl groups excluding tert-OH is 2. The minimum absolute atomic E-state index is 0.00153. The highest BCUT2D eigenvalue weighted by atomic mass is 32.2. The van der Waals surface area contributed by atoms with Gasteiger partial charge in [-0.2, -0.15) is 0 Å². The molecule has 0 bridgehead atoms. The Bertz CT molecular complexity index is 1050. The number of aryl methyl sites for hydroxylation is 1. The molecule has 0 saturated heterocycles. The molecule has 1 saturated carbocycles. The number of amides is 1. The van der Waals surface area contributed by atoms with E-state index < -0.39 is 28.1 Å². The van der Waals surface area contributed by atoms with Gasteiger partial charge in [-0.3, -0.25) is 9.52 Å². The van der Waals surface area contributed by atoms with Gasteiger partial charge in [0.2, 0.25) is 15.9 Å². The van der Waals surface area contributed by atoms with Gasteiger partial charge in [0.05, 0.1) is 18.5 Å². The van der Waals surface area contributed by atoms with Crippen molar-refractivity contribution in [2.75, 3.05) is 6.26 Å². The minimum atomic E-state index is -3.55. The lowest BCUT2D eigenvalue weighted by molar-refractivity contribution is -0.119. The number of para-hydroxylation sites is 1. The van der Waals surface area contributed by atoms with Crippen molar-refractivity contribution < 1.29 is 28.2 Å². The third-order valence-corrected chi connectivity index (χ3v) is 6.95. The molecule has 1 heterocycles. The van der Waals surface area contributed by atoms with Gasteiger partial charge in [0, 0.05) is 36.7 Å². The van der Waals surface area contributed by atoms with Crippen molar-refractivity contribution in [1.82, 2.24) is 4.72 Å². The standard InChI is InChI=1S/C25H33NO6S/c1-4-5-8-16(2)20(27)14-13-18-21(28)15-22-24(18)19-11-6-9-17(25(19)32-22)10-7-12-23(29)26-33(3,30)31/h6,9,11,13-14,16,18,20-22,24,27-28H,7-8,10,12,15H2,1-3H3,(H,26,29)/b14-13+/t16-,18?,20?,21+,22?,24?/m0/s1. The van der Waals surface area contributed by atoms with E-state index in [9.17, 15) is 23.4 Å². The highest BCUT2D eigenvalue weighted by molar-refractivity contribution is 7.89. The van der Waals surface area contributed by atoms with Crippen LogP contribution in [-0.4, -0.2) is 49.1 Å². The van der Waals surface area contributed by atoms with E-state index >= 15 is 0 Å². The highest BCUT2D eigenvalue weighted by Gasteiger charge is 2.48. The average Bonchev–Trinajstić information content (AvgIpc) is 3.24. The molecule has 3 N–H and O–H groups in total. The van der Waals surface area contributed by atoms with Gasteiger partial charge in [0.1, 0.15) is 11.9 Å². The molecule has 1 aromatic rings. The van der Waals surface area contributed by atoms with Gasteiger partial charge in [-0.1, -0.05) is 37.3 Å². The second-order valence-electron chi connectivity index (χ2n) is 9.03. The summed E-state index contributed by atoms with van der Waals surface area (Å²) in [7, 11) is -3.55. The Hall–Kier alpha value is -2.34. The molecule has 4 unspecified atom stereocenters. The normalized spacial score (nSPS) is 25.5. The first kappa shape index (κ1) is 25.3. The van der Waals surface area contributed by atoms with Gasteiger partial charge in [-0.15, -0.1) is 11.8 Å². The number of hydrogen-bond acceptors (Lipinski definition) is 6. The summed E-state index contributed by atoms with van der Waals surface area (Å²) in [6, 6.07) is 5.91. The fourth-order valence-corrected chi connectivity index (χ4v) is 5.19. The molecule has 6 atom stereocenters. The van der Waals surface area contributed by atoms with Crippen molar-refractivity contribution in [2.24, 2.45) is 11.8 Å². The average molecular weight is 476 g/mol. The van der Waals surface area contributed by atoms with E-state index in [1.165, 1.54) is 0 Å². The highest BCUT2D eigenvalue weighted by Crippen LogP contribution is 2.52. The molecule has 1 aliphatic heterocycles. The Kier molecular flexibility index (Phi) is 8.22. The van der Waals surface area contributed by atoms with E-state index in [0.717, 1.165) is 23.1 Å². The molecule has 1 amide bonds. The second-order valence-corrected chi connectivity index (χ2v) is 10.8. The van der Waals surface area contributed by atoms with E-state index in [-0.39, 0.29) is 30.3 Å². The summed E-state index contributed by atoms with van der Waals surface area (Å²) >= 11 is 0. The molecule has 1 fully saturated rings. The minimum Gasteiger partial charge on any atom is -0.489 e. The van der Waals surface area contributed by atoms with Crippen LogP contribution in [0.5, 0.6) is 5.75 Å². The lowest BCUT2D eigenvalue weighted by atomic mass is 9.86. The maximum Gasteiger partial charge on any atom is 0.233 e. The van der Waals surface area contributed by atoms with E-state index in [4.69, 9.17) is 4.74 Å². The van der Waals surface area contributed by atoms with Crippen molar-refractivity contribution in [2.45, 2.75) is 70.2 Å². The van der Waals surface area contributed by atoms with Crippen LogP contribution in [0.1, 0.15) is 56.6 Å². The molecule has 8 heteroatoms. The van der Waals surface area contributed by atoms with Gasteiger partial charge >= 0.3 is 0 Å². The number of sulfonamides is 1. The zero-order chi connectivity index (χ0) is 24.2. The second kappa shape index (κ2) is 10.7. The van der Waals surface area contributed by atoms with Gasteiger partial charge in [-0.25, -0.2) is 8.42 Å². The third-order valence-electron chi connectivity index (χ3n) is 6.35. The van der Waals surface area contributed by atoms with Gasteiger partial charge in [-0.05, 0) is 31.2 Å². The van der Waals surface area contributed by atoms with Crippen molar-refractivity contribution in [3.05, 3.63) is 41.5 Å². The Morgan fingerprint density at radius 2 is 2.15 bits per heavy atom. The fourth-order valence-electron chi connectivity index (χ4n) is 4.68. The summed E-state index contributed by atoms with van der Waals surface area (Å²) in [4.78, 5) is 11.8. The molecule has 0 spiro atoms. The molecule has 180 valence electrons. The van der Waals surface area contributed by atoms with Crippen molar-refractivity contribution in [3.63, 3.8) is 0 Å². The van der Waals surface area contributed by atoms with E-state index in [1.807, 2.05) is 35.9 Å². The molecule has 0 radical (unpaired) electrons. The maximum absolute atomic E-state index is 11.8. The molecule has 2 aliphatic rings. The van der Waals surface area contributed by atoms with Crippen LogP contribution in [-0.2, 0) is 21.2 Å². The van der Waals surface area contributed by atoms with Crippen molar-refractivity contribution >= 4 is 15.9 Å². The zero-order valence-electron chi connectivity index (χ0n) is 19.3. The van der Waals surface area contributed by atoms with Crippen molar-refractivity contribution in [3.8, 4) is 17.6 Å². The largest absolute Gasteiger partial charge is 0.489 e. The number of carbonyl (C=O) groups excluding carboxylic acids is 1. The molecule has 1 aliphatic carbocycles. The number of fused-ring (bicyclic) bond motifs is 3. The Morgan fingerprint density at radius 1 is 1.39 bits per heavy atom. The first-order valence-corrected chi connectivity index (χ1v) is 13.2. The van der Waals surface area contributed by atoms with Gasteiger partial charge in [0.15, 0.2) is 0 Å². The predicted molar refractivity (Wildman–Crippen MR) is 126 cm³/mol. The number of carbonyl (C=O) groups is 1. The zero-order valence-corrected chi connectivity index (χ0v) is 20.1. The number of nitrogens with one attached hydrogen (secondary N) is 1. The molecule has 3 rings (SSSR count). The lowest BCUT2D eigenvalue weighted by Gasteiger charge is -2.19. The summed E-state index contributed by atoms with van der Waals surface area (Å²) < 4.78 is 30.6. The van der Waals surface area contributed by atoms with Crippen LogP contribution >= 0.6 is 0 Å². The number of aliphatic hydroxyl groups is 2. The molecule has 7 nitrogen and oxygen atoms in total. The van der Waals surface area contributed by atoms with Crippen LogP contribution < -0.4 is 9.46 Å². The van der Waals surface area contributed by atoms with Gasteiger partial charge in [0.25, 0.3) is 0 Å². The summed E-state index contributed by atoms with van der Waals surface area (Å²) in [5.41, 5.74) is 2.00. The van der Waals surface area contributed by atoms with Crippen LogP contribution in [0.25, 0.3) is 0 Å². The predicted octanol–water partition coefficient (Wildman–Crippen LogP) is 2.28. The number of benzene rings is 1. The fraction of sp³-hybridized carbons (Fsp3) is 0.560. The van der Waals surface area contributed by atoms with E-state index in [2.05, 4.69) is 11.8 Å². The quantitative estimate of drug-likeness (QED) is 0.373. The smallest absolute Gasteiger partial charge is 0.233 e. The monoisotopic (exact) mass is 475 g/mol. The number of hydrogen-bond donors (Lipinski definition) is 3. The number of rotatable bonds is 9. The van der Waals surface area contributed by atoms with E-state index in [0.29, 0.717) is 25.7 Å². The van der Waals surface area contributed by atoms with Gasteiger partial charge < -0.3 is 14.9 Å². The van der Waals surface area contributed by atoms with Crippen LogP contribution in [0.2, 0.25) is 0 Å². The molecule has 33 heavy (non-hydrogen) atoms. The molecular weight excluding hydrogens is 442 g/mol. The Balaban J connectivity index is 1.69. The maximum atomic E-state index is 11.8. The lowest BCUT2D eigenvalue weighted by Crippen LogP contribution is -2.29. The summed E-state index contributed by atoms with van der Waals surface area (Å²) in [6.45, 7) is 3.73. The van der Waals surface area contributed by atoms with Crippen LogP contribution in [0, 0.1) is 23.7 Å². The molecule has 1 aromatic carbocycles. The Morgan fingerprint density at radius 3 is 2.85 bits per heavy atom. The van der Waals surface area contributed by atoms with Crippen LogP contribution in [0.15, 0.2) is 30.4 Å². The first-order valence-electron chi connectivity index (χ1n) is 11.3. The number of ether oxygens (including phenoxy) is 1. The molecular formula is C25H33NO6S. The Labute approximate surface area is 196 Å². The van der Waals surface area contributed by atoms with E-state index in [1.54, 1.807) is 13.0 Å². The summed E-state index contributed by atoms with van der Waals surface area (Å²) in [5, 5.41) is 21.1. The SMILES string of the molecule is CC#CC[C@H](C)C(O)/C=C/C1C2c3cccc(CCCC(=O)NS(C)(=O)=O)c3OC2C[C@H]1O. The summed E-state index contributed by atoms with van der Waals surface area (Å²) in [5.74, 6) is 5.95. The topological polar surface area (TPSA) is 113 Å². The summed E-state index contributed by atoms with van der Waals surface area (Å²) in [6.07, 6.45) is 5.61. The third kappa shape index (κ3) is 6.38.